The Bertz CT molecular complexity index is 640. The third-order valence-electron chi connectivity index (χ3n) is 3.94. The molecule has 0 aliphatic heterocycles. The quantitative estimate of drug-likeness (QED) is 0.630. The second-order valence-corrected chi connectivity index (χ2v) is 7.62. The molecular weight excluding hydrogens is 360 g/mol. The van der Waals surface area contributed by atoms with Crippen molar-refractivity contribution in [3.8, 4) is 0 Å². The Morgan fingerprint density at radius 1 is 1.04 bits per heavy atom. The van der Waals surface area contributed by atoms with Gasteiger partial charge < -0.3 is 20.1 Å². The van der Waals surface area contributed by atoms with Crippen LogP contribution in [0.3, 0.4) is 0 Å². The van der Waals surface area contributed by atoms with Crippen molar-refractivity contribution in [3.05, 3.63) is 35.9 Å². The standard InChI is InChI=1S/C21H32N2O5/c1-6-7-13-16(23-20(26)28-21(2,3)4)18(24)22-17(19(25)27-5)14-15-11-9-8-10-12-15/h8-12,16-17H,6-7,13-14H2,1-5H3,(H,22,24)(H,23,26)/t16-,17-/m0/s1. The lowest BCUT2D eigenvalue weighted by Crippen LogP contribution is -2.53. The zero-order chi connectivity index (χ0) is 21.2. The van der Waals surface area contributed by atoms with Crippen LogP contribution < -0.4 is 10.6 Å². The third-order valence-corrected chi connectivity index (χ3v) is 3.94. The first-order chi connectivity index (χ1) is 13.2. The summed E-state index contributed by atoms with van der Waals surface area (Å²) in [5.41, 5.74) is 0.223. The number of alkyl carbamates (subject to hydrolysis) is 1. The van der Waals surface area contributed by atoms with Crippen molar-refractivity contribution in [2.24, 2.45) is 0 Å². The maximum absolute atomic E-state index is 12.8. The Labute approximate surface area is 167 Å². The molecule has 0 aromatic heterocycles. The number of ether oxygens (including phenoxy) is 2. The van der Waals surface area contributed by atoms with Gasteiger partial charge in [0, 0.05) is 6.42 Å². The largest absolute Gasteiger partial charge is 0.467 e. The average molecular weight is 392 g/mol. The van der Waals surface area contributed by atoms with Crippen LogP contribution >= 0.6 is 0 Å². The molecule has 0 bridgehead atoms. The Hall–Kier alpha value is -2.57. The molecule has 2 amide bonds. The van der Waals surface area contributed by atoms with Crippen molar-refractivity contribution in [1.29, 1.82) is 0 Å². The number of nitrogens with one attached hydrogen (secondary N) is 2. The van der Waals surface area contributed by atoms with Gasteiger partial charge in [-0.3, -0.25) is 4.79 Å². The minimum Gasteiger partial charge on any atom is -0.467 e. The lowest BCUT2D eigenvalue weighted by molar-refractivity contribution is -0.145. The molecule has 0 fully saturated rings. The molecule has 28 heavy (non-hydrogen) atoms. The predicted octanol–water partition coefficient (Wildman–Crippen LogP) is 2.97. The van der Waals surface area contributed by atoms with Crippen LogP contribution in [0.2, 0.25) is 0 Å². The summed E-state index contributed by atoms with van der Waals surface area (Å²) in [6, 6.07) is 7.70. The molecule has 0 radical (unpaired) electrons. The molecule has 0 unspecified atom stereocenters. The zero-order valence-corrected chi connectivity index (χ0v) is 17.4. The van der Waals surface area contributed by atoms with Crippen LogP contribution in [0.15, 0.2) is 30.3 Å². The summed E-state index contributed by atoms with van der Waals surface area (Å²) in [5, 5.41) is 5.32. The Balaban J connectivity index is 2.85. The predicted molar refractivity (Wildman–Crippen MR) is 107 cm³/mol. The monoisotopic (exact) mass is 392 g/mol. The van der Waals surface area contributed by atoms with Crippen LogP contribution in [0, 0.1) is 0 Å². The van der Waals surface area contributed by atoms with Crippen molar-refractivity contribution in [3.63, 3.8) is 0 Å². The normalized spacial score (nSPS) is 13.2. The van der Waals surface area contributed by atoms with Gasteiger partial charge in [-0.1, -0.05) is 50.1 Å². The average Bonchev–Trinajstić information content (AvgIpc) is 2.63. The number of rotatable bonds is 9. The van der Waals surface area contributed by atoms with E-state index in [0.717, 1.165) is 18.4 Å². The summed E-state index contributed by atoms with van der Waals surface area (Å²) in [7, 11) is 1.28. The first-order valence-corrected chi connectivity index (χ1v) is 9.58. The molecule has 2 N–H and O–H groups in total. The molecule has 0 saturated heterocycles. The fraction of sp³-hybridized carbons (Fsp3) is 0.571. The molecule has 0 spiro atoms. The van der Waals surface area contributed by atoms with Gasteiger partial charge in [0.15, 0.2) is 0 Å². The van der Waals surface area contributed by atoms with Crippen LogP contribution in [0.5, 0.6) is 0 Å². The number of unbranched alkanes of at least 4 members (excludes halogenated alkanes) is 1. The van der Waals surface area contributed by atoms with Crippen molar-refractivity contribution < 1.29 is 23.9 Å². The van der Waals surface area contributed by atoms with Crippen LogP contribution in [0.25, 0.3) is 0 Å². The van der Waals surface area contributed by atoms with Crippen molar-refractivity contribution in [2.45, 2.75) is 71.1 Å². The minimum absolute atomic E-state index is 0.298. The molecule has 1 aromatic carbocycles. The van der Waals surface area contributed by atoms with Gasteiger partial charge in [-0.2, -0.15) is 0 Å². The van der Waals surface area contributed by atoms with E-state index in [1.54, 1.807) is 20.8 Å². The summed E-state index contributed by atoms with van der Waals surface area (Å²) in [6.45, 7) is 7.25. The Morgan fingerprint density at radius 2 is 1.68 bits per heavy atom. The Kier molecular flexibility index (Phi) is 9.48. The first-order valence-electron chi connectivity index (χ1n) is 9.58. The highest BCUT2D eigenvalue weighted by Crippen LogP contribution is 2.10. The van der Waals surface area contributed by atoms with Gasteiger partial charge in [-0.05, 0) is 32.8 Å². The summed E-state index contributed by atoms with van der Waals surface area (Å²) in [4.78, 5) is 37.0. The van der Waals surface area contributed by atoms with E-state index in [2.05, 4.69) is 10.6 Å². The number of hydrogen-bond acceptors (Lipinski definition) is 5. The zero-order valence-electron chi connectivity index (χ0n) is 17.4. The molecular formula is C21H32N2O5. The highest BCUT2D eigenvalue weighted by atomic mass is 16.6. The molecule has 156 valence electrons. The number of amides is 2. The highest BCUT2D eigenvalue weighted by molar-refractivity contribution is 5.89. The molecule has 1 aromatic rings. The fourth-order valence-corrected chi connectivity index (χ4v) is 2.58. The molecule has 0 aliphatic carbocycles. The lowest BCUT2D eigenvalue weighted by atomic mass is 10.0. The first kappa shape index (κ1) is 23.5. The summed E-state index contributed by atoms with van der Waals surface area (Å²) in [6.07, 6.45) is 1.69. The Morgan fingerprint density at radius 3 is 2.21 bits per heavy atom. The smallest absolute Gasteiger partial charge is 0.408 e. The second kappa shape index (κ2) is 11.3. The van der Waals surface area contributed by atoms with E-state index in [-0.39, 0.29) is 0 Å². The lowest BCUT2D eigenvalue weighted by Gasteiger charge is -2.25. The maximum Gasteiger partial charge on any atom is 0.408 e. The SMILES string of the molecule is CCCC[C@H](NC(=O)OC(C)(C)C)C(=O)N[C@@H](Cc1ccccc1)C(=O)OC. The van der Waals surface area contributed by atoms with Crippen LogP contribution in [-0.4, -0.2) is 42.8 Å². The minimum atomic E-state index is -0.843. The molecule has 7 heteroatoms. The number of esters is 1. The topological polar surface area (TPSA) is 93.7 Å². The molecule has 2 atom stereocenters. The number of carbonyl (C=O) groups is 3. The van der Waals surface area contributed by atoms with Crippen molar-refractivity contribution in [2.75, 3.05) is 7.11 Å². The number of hydrogen-bond donors (Lipinski definition) is 2. The van der Waals surface area contributed by atoms with E-state index in [9.17, 15) is 14.4 Å². The van der Waals surface area contributed by atoms with E-state index in [0.29, 0.717) is 12.8 Å². The molecule has 1 rings (SSSR count). The van der Waals surface area contributed by atoms with E-state index in [4.69, 9.17) is 9.47 Å². The summed E-state index contributed by atoms with van der Waals surface area (Å²) < 4.78 is 10.1. The van der Waals surface area contributed by atoms with Gasteiger partial charge in [0.1, 0.15) is 17.7 Å². The van der Waals surface area contributed by atoms with Gasteiger partial charge in [-0.15, -0.1) is 0 Å². The number of methoxy groups -OCH3 is 1. The van der Waals surface area contributed by atoms with Gasteiger partial charge >= 0.3 is 12.1 Å². The second-order valence-electron chi connectivity index (χ2n) is 7.62. The van der Waals surface area contributed by atoms with E-state index in [1.807, 2.05) is 37.3 Å². The van der Waals surface area contributed by atoms with E-state index < -0.39 is 35.7 Å². The van der Waals surface area contributed by atoms with Crippen molar-refractivity contribution >= 4 is 18.0 Å². The van der Waals surface area contributed by atoms with Crippen LogP contribution in [-0.2, 0) is 25.5 Å². The van der Waals surface area contributed by atoms with Gasteiger partial charge in [0.25, 0.3) is 0 Å². The molecule has 7 nitrogen and oxygen atoms in total. The fourth-order valence-electron chi connectivity index (χ4n) is 2.58. The molecule has 0 heterocycles. The van der Waals surface area contributed by atoms with Gasteiger partial charge in [0.2, 0.25) is 5.91 Å². The molecule has 0 saturated carbocycles. The number of benzene rings is 1. The van der Waals surface area contributed by atoms with E-state index >= 15 is 0 Å². The van der Waals surface area contributed by atoms with Crippen LogP contribution in [0.1, 0.15) is 52.5 Å². The van der Waals surface area contributed by atoms with Crippen LogP contribution in [0.4, 0.5) is 4.79 Å². The molecule has 0 aliphatic rings. The number of carbonyl (C=O) groups excluding carboxylic acids is 3. The van der Waals surface area contributed by atoms with E-state index in [1.165, 1.54) is 7.11 Å². The third kappa shape index (κ3) is 8.88. The highest BCUT2D eigenvalue weighted by Gasteiger charge is 2.28. The van der Waals surface area contributed by atoms with Crippen molar-refractivity contribution in [1.82, 2.24) is 10.6 Å². The maximum atomic E-state index is 12.8. The van der Waals surface area contributed by atoms with Gasteiger partial charge in [0.05, 0.1) is 7.11 Å². The summed E-state index contributed by atoms with van der Waals surface area (Å²) in [5.74, 6) is -0.977. The van der Waals surface area contributed by atoms with Gasteiger partial charge in [-0.25, -0.2) is 9.59 Å². The summed E-state index contributed by atoms with van der Waals surface area (Å²) >= 11 is 0.